The smallest absolute Gasteiger partial charge is 0.0715 e. The molecule has 0 saturated carbocycles. The van der Waals surface area contributed by atoms with E-state index in [2.05, 4.69) is 72.8 Å². The molecule has 0 saturated heterocycles. The standard InChI is InChI=1S/C32H23Cl2N/c33-29-17-13-26(14-18-29)31-21-28(22-32(35-31)27-15-19-30(34)20-16-27)25-11-9-24(10-12-25)8-4-7-23-5-2-1-3-6-23/h1-7,9-22H,8H2/b7-4+. The second-order valence-electron chi connectivity index (χ2n) is 8.35. The third kappa shape index (κ3) is 5.89. The van der Waals surface area contributed by atoms with Crippen LogP contribution in [-0.2, 0) is 6.42 Å². The van der Waals surface area contributed by atoms with Crippen molar-refractivity contribution in [2.24, 2.45) is 0 Å². The van der Waals surface area contributed by atoms with Crippen LogP contribution in [0.3, 0.4) is 0 Å². The van der Waals surface area contributed by atoms with E-state index < -0.39 is 0 Å². The molecule has 0 unspecified atom stereocenters. The minimum Gasteiger partial charge on any atom is -0.248 e. The second-order valence-corrected chi connectivity index (χ2v) is 9.23. The van der Waals surface area contributed by atoms with Crippen molar-refractivity contribution in [3.8, 4) is 33.6 Å². The van der Waals surface area contributed by atoms with Crippen LogP contribution in [0, 0.1) is 0 Å². The Hall–Kier alpha value is -3.65. The molecule has 1 heterocycles. The molecule has 0 N–H and O–H groups in total. The van der Waals surface area contributed by atoms with Crippen molar-refractivity contribution < 1.29 is 0 Å². The van der Waals surface area contributed by atoms with Crippen LogP contribution >= 0.6 is 23.2 Å². The SMILES string of the molecule is Clc1ccc(-c2cc(-c3ccc(C/C=C/c4ccccc4)cc3)cc(-c3ccc(Cl)cc3)n2)cc1. The molecule has 4 aromatic carbocycles. The summed E-state index contributed by atoms with van der Waals surface area (Å²) in [6, 6.07) is 39.0. The Balaban J connectivity index is 1.46. The third-order valence-electron chi connectivity index (χ3n) is 5.86. The van der Waals surface area contributed by atoms with Gasteiger partial charge in [0.2, 0.25) is 0 Å². The number of hydrogen-bond acceptors (Lipinski definition) is 1. The summed E-state index contributed by atoms with van der Waals surface area (Å²) in [4.78, 5) is 4.95. The Kier molecular flexibility index (Phi) is 7.09. The highest BCUT2D eigenvalue weighted by Crippen LogP contribution is 2.31. The van der Waals surface area contributed by atoms with Crippen LogP contribution < -0.4 is 0 Å². The quantitative estimate of drug-likeness (QED) is 0.230. The van der Waals surface area contributed by atoms with E-state index in [-0.39, 0.29) is 0 Å². The highest BCUT2D eigenvalue weighted by atomic mass is 35.5. The van der Waals surface area contributed by atoms with E-state index >= 15 is 0 Å². The first-order valence-electron chi connectivity index (χ1n) is 11.5. The second kappa shape index (κ2) is 10.7. The zero-order chi connectivity index (χ0) is 24.0. The minimum atomic E-state index is 0.708. The highest BCUT2D eigenvalue weighted by Gasteiger charge is 2.09. The summed E-state index contributed by atoms with van der Waals surface area (Å²) in [5.41, 5.74) is 8.59. The number of pyridine rings is 1. The van der Waals surface area contributed by atoms with Gasteiger partial charge in [0.1, 0.15) is 0 Å². The van der Waals surface area contributed by atoms with Gasteiger partial charge >= 0.3 is 0 Å². The number of aromatic nitrogens is 1. The lowest BCUT2D eigenvalue weighted by Gasteiger charge is -2.11. The van der Waals surface area contributed by atoms with Gasteiger partial charge in [-0.25, -0.2) is 4.98 Å². The van der Waals surface area contributed by atoms with Crippen LogP contribution in [0.15, 0.2) is 121 Å². The first-order chi connectivity index (χ1) is 17.1. The number of hydrogen-bond donors (Lipinski definition) is 0. The van der Waals surface area contributed by atoms with Crippen LogP contribution in [0.4, 0.5) is 0 Å². The van der Waals surface area contributed by atoms with Gasteiger partial charge in [-0.3, -0.25) is 0 Å². The highest BCUT2D eigenvalue weighted by molar-refractivity contribution is 6.30. The molecule has 1 nitrogen and oxygen atoms in total. The zero-order valence-electron chi connectivity index (χ0n) is 19.0. The van der Waals surface area contributed by atoms with Gasteiger partial charge in [-0.1, -0.05) is 114 Å². The van der Waals surface area contributed by atoms with Crippen LogP contribution in [-0.4, -0.2) is 4.98 Å². The van der Waals surface area contributed by atoms with E-state index in [1.54, 1.807) is 0 Å². The minimum absolute atomic E-state index is 0.708. The molecule has 1 aromatic heterocycles. The summed E-state index contributed by atoms with van der Waals surface area (Å²) < 4.78 is 0. The predicted molar refractivity (Wildman–Crippen MR) is 150 cm³/mol. The van der Waals surface area contributed by atoms with Gasteiger partial charge < -0.3 is 0 Å². The van der Waals surface area contributed by atoms with Crippen molar-refractivity contribution in [1.29, 1.82) is 0 Å². The van der Waals surface area contributed by atoms with Gasteiger partial charge in [0.25, 0.3) is 0 Å². The number of nitrogens with zero attached hydrogens (tertiary/aromatic N) is 1. The first-order valence-corrected chi connectivity index (χ1v) is 12.2. The number of rotatable bonds is 6. The van der Waals surface area contributed by atoms with Gasteiger partial charge in [-0.05, 0) is 65.1 Å². The van der Waals surface area contributed by atoms with Crippen molar-refractivity contribution >= 4 is 29.3 Å². The maximum absolute atomic E-state index is 6.12. The van der Waals surface area contributed by atoms with Gasteiger partial charge in [0, 0.05) is 21.2 Å². The zero-order valence-corrected chi connectivity index (χ0v) is 20.5. The lowest BCUT2D eigenvalue weighted by atomic mass is 9.98. The van der Waals surface area contributed by atoms with Crippen molar-refractivity contribution in [2.75, 3.05) is 0 Å². The lowest BCUT2D eigenvalue weighted by Crippen LogP contribution is -1.91. The van der Waals surface area contributed by atoms with Gasteiger partial charge in [0.05, 0.1) is 11.4 Å². The molecule has 0 aliphatic rings. The molecule has 5 rings (SSSR count). The molecule has 0 bridgehead atoms. The molecular weight excluding hydrogens is 469 g/mol. The Morgan fingerprint density at radius 1 is 0.543 bits per heavy atom. The van der Waals surface area contributed by atoms with E-state index in [0.717, 1.165) is 40.1 Å². The fourth-order valence-electron chi connectivity index (χ4n) is 3.96. The molecule has 0 aliphatic carbocycles. The van der Waals surface area contributed by atoms with Crippen molar-refractivity contribution in [2.45, 2.75) is 6.42 Å². The molecule has 170 valence electrons. The third-order valence-corrected chi connectivity index (χ3v) is 6.36. The first kappa shape index (κ1) is 23.1. The van der Waals surface area contributed by atoms with E-state index in [4.69, 9.17) is 28.2 Å². The Labute approximate surface area is 216 Å². The fraction of sp³-hybridized carbons (Fsp3) is 0.0312. The molecule has 3 heteroatoms. The molecule has 0 spiro atoms. The largest absolute Gasteiger partial charge is 0.248 e. The van der Waals surface area contributed by atoms with Crippen molar-refractivity contribution in [3.63, 3.8) is 0 Å². The van der Waals surface area contributed by atoms with E-state index in [0.29, 0.717) is 10.0 Å². The normalized spacial score (nSPS) is 11.1. The van der Waals surface area contributed by atoms with Crippen LogP contribution in [0.5, 0.6) is 0 Å². The average Bonchev–Trinajstić information content (AvgIpc) is 2.90. The number of allylic oxidation sites excluding steroid dienone is 1. The topological polar surface area (TPSA) is 12.9 Å². The monoisotopic (exact) mass is 491 g/mol. The summed E-state index contributed by atoms with van der Waals surface area (Å²) in [6.07, 6.45) is 5.25. The van der Waals surface area contributed by atoms with Crippen LogP contribution in [0.2, 0.25) is 10.0 Å². The Morgan fingerprint density at radius 3 is 1.60 bits per heavy atom. The van der Waals surface area contributed by atoms with Crippen LogP contribution in [0.25, 0.3) is 39.7 Å². The van der Waals surface area contributed by atoms with Crippen LogP contribution in [0.1, 0.15) is 11.1 Å². The van der Waals surface area contributed by atoms with Gasteiger partial charge in [-0.2, -0.15) is 0 Å². The molecule has 35 heavy (non-hydrogen) atoms. The van der Waals surface area contributed by atoms with E-state index in [9.17, 15) is 0 Å². The maximum Gasteiger partial charge on any atom is 0.0715 e. The summed E-state index contributed by atoms with van der Waals surface area (Å²) >= 11 is 12.2. The Morgan fingerprint density at radius 2 is 1.06 bits per heavy atom. The summed E-state index contributed by atoms with van der Waals surface area (Å²) in [6.45, 7) is 0. The molecule has 0 radical (unpaired) electrons. The molecule has 0 fully saturated rings. The number of halogens is 2. The maximum atomic E-state index is 6.12. The summed E-state index contributed by atoms with van der Waals surface area (Å²) in [5, 5.41) is 1.42. The van der Waals surface area contributed by atoms with Gasteiger partial charge in [0.15, 0.2) is 0 Å². The van der Waals surface area contributed by atoms with Crippen molar-refractivity contribution in [1.82, 2.24) is 4.98 Å². The van der Waals surface area contributed by atoms with E-state index in [1.165, 1.54) is 11.1 Å². The molecule has 0 aliphatic heterocycles. The van der Waals surface area contributed by atoms with Crippen molar-refractivity contribution in [3.05, 3.63) is 143 Å². The van der Waals surface area contributed by atoms with E-state index in [1.807, 2.05) is 54.6 Å². The molecule has 5 aromatic rings. The molecule has 0 atom stereocenters. The van der Waals surface area contributed by atoms with Gasteiger partial charge in [-0.15, -0.1) is 0 Å². The molecular formula is C32H23Cl2N. The number of benzene rings is 4. The summed E-state index contributed by atoms with van der Waals surface area (Å²) in [5.74, 6) is 0. The molecule has 0 amide bonds. The predicted octanol–water partition coefficient (Wildman–Crippen LogP) is 9.65. The fourth-order valence-corrected chi connectivity index (χ4v) is 4.21. The lowest BCUT2D eigenvalue weighted by molar-refractivity contribution is 1.28. The summed E-state index contributed by atoms with van der Waals surface area (Å²) in [7, 11) is 0. The Bertz CT molecular complexity index is 1370. The average molecular weight is 492 g/mol.